The molecule has 5 N–H and O–H groups in total. The third kappa shape index (κ3) is 4.50. The van der Waals surface area contributed by atoms with Crippen LogP contribution in [0.4, 0.5) is 13.2 Å². The zero-order valence-electron chi connectivity index (χ0n) is 9.11. The molecule has 0 aliphatic heterocycles. The predicted octanol–water partition coefficient (Wildman–Crippen LogP) is 2.57. The third-order valence-corrected chi connectivity index (χ3v) is 2.23. The van der Waals surface area contributed by atoms with Crippen molar-refractivity contribution in [3.05, 3.63) is 17.7 Å². The number of alkyl halides is 3. The minimum Gasteiger partial charge on any atom is -0.508 e. The highest BCUT2D eigenvalue weighted by atomic mass is 35.5. The van der Waals surface area contributed by atoms with Crippen LogP contribution in [-0.2, 0) is 0 Å². The fourth-order valence-corrected chi connectivity index (χ4v) is 1.45. The van der Waals surface area contributed by atoms with Gasteiger partial charge >= 0.3 is 6.18 Å². The topological polar surface area (TPSA) is 86.7 Å². The van der Waals surface area contributed by atoms with Crippen molar-refractivity contribution in [1.82, 2.24) is 0 Å². The minimum absolute atomic E-state index is 0. The summed E-state index contributed by atoms with van der Waals surface area (Å²) in [6.07, 6.45) is -5.93. The van der Waals surface area contributed by atoms with Gasteiger partial charge in [-0.3, -0.25) is 0 Å². The molecule has 0 radical (unpaired) electrons. The van der Waals surface area contributed by atoms with Crippen LogP contribution in [0, 0.1) is 0 Å². The summed E-state index contributed by atoms with van der Waals surface area (Å²) in [6.45, 7) is 0. The quantitative estimate of drug-likeness (QED) is 0.688. The van der Waals surface area contributed by atoms with Crippen LogP contribution in [0.3, 0.4) is 0 Å². The van der Waals surface area contributed by atoms with E-state index in [4.69, 9.17) is 10.8 Å². The second-order valence-corrected chi connectivity index (χ2v) is 3.66. The Morgan fingerprint density at radius 1 is 1.11 bits per heavy atom. The van der Waals surface area contributed by atoms with Gasteiger partial charge < -0.3 is 21.1 Å². The second kappa shape index (κ2) is 6.01. The molecule has 1 aromatic carbocycles. The Hall–Kier alpha value is -1.34. The molecule has 0 fully saturated rings. The number of benzene rings is 1. The van der Waals surface area contributed by atoms with Gasteiger partial charge in [0.1, 0.15) is 17.2 Å². The first-order valence-corrected chi connectivity index (χ1v) is 4.78. The van der Waals surface area contributed by atoms with Crippen molar-refractivity contribution >= 4 is 12.4 Å². The number of phenols is 3. The van der Waals surface area contributed by atoms with Gasteiger partial charge in [-0.25, -0.2) is 0 Å². The lowest BCUT2D eigenvalue weighted by Crippen LogP contribution is -2.16. The smallest absolute Gasteiger partial charge is 0.389 e. The molecule has 0 aliphatic rings. The van der Waals surface area contributed by atoms with Gasteiger partial charge in [-0.05, 0) is 6.42 Å². The Morgan fingerprint density at radius 3 is 1.94 bits per heavy atom. The predicted molar refractivity (Wildman–Crippen MR) is 60.9 cm³/mol. The van der Waals surface area contributed by atoms with Crippen LogP contribution in [0.15, 0.2) is 12.1 Å². The second-order valence-electron chi connectivity index (χ2n) is 3.66. The lowest BCUT2D eigenvalue weighted by molar-refractivity contribution is -0.136. The van der Waals surface area contributed by atoms with Gasteiger partial charge in [-0.1, -0.05) is 0 Å². The Kier molecular flexibility index (Phi) is 5.56. The number of hydrogen-bond acceptors (Lipinski definition) is 4. The molecule has 0 aliphatic carbocycles. The summed E-state index contributed by atoms with van der Waals surface area (Å²) in [7, 11) is 0. The lowest BCUT2D eigenvalue weighted by atomic mass is 10.0. The first kappa shape index (κ1) is 16.7. The van der Waals surface area contributed by atoms with Crippen LogP contribution in [0.1, 0.15) is 24.4 Å². The number of aromatic hydroxyl groups is 3. The summed E-state index contributed by atoms with van der Waals surface area (Å²) in [4.78, 5) is 0. The molecular weight excluding hydrogens is 275 g/mol. The van der Waals surface area contributed by atoms with Crippen molar-refractivity contribution in [3.8, 4) is 17.2 Å². The molecule has 0 unspecified atom stereocenters. The molecule has 0 amide bonds. The van der Waals surface area contributed by atoms with E-state index in [1.165, 1.54) is 0 Å². The van der Waals surface area contributed by atoms with E-state index in [-0.39, 0.29) is 18.0 Å². The zero-order valence-corrected chi connectivity index (χ0v) is 9.92. The zero-order chi connectivity index (χ0) is 13.2. The van der Waals surface area contributed by atoms with Gasteiger partial charge in [0.25, 0.3) is 0 Å². The SMILES string of the molecule is Cl.N[C@@H](CCC(F)(F)F)c1c(O)cc(O)cc1O. The van der Waals surface area contributed by atoms with Crippen molar-refractivity contribution in [2.24, 2.45) is 5.73 Å². The Labute approximate surface area is 107 Å². The van der Waals surface area contributed by atoms with Gasteiger partial charge in [0.05, 0.1) is 5.56 Å². The summed E-state index contributed by atoms with van der Waals surface area (Å²) >= 11 is 0. The van der Waals surface area contributed by atoms with E-state index >= 15 is 0 Å². The summed E-state index contributed by atoms with van der Waals surface area (Å²) in [6, 6.07) is 0.655. The molecule has 1 atom stereocenters. The van der Waals surface area contributed by atoms with Crippen LogP contribution in [0.2, 0.25) is 0 Å². The molecule has 0 bridgehead atoms. The van der Waals surface area contributed by atoms with Crippen LogP contribution < -0.4 is 5.73 Å². The molecular formula is C10H13ClF3NO3. The molecule has 104 valence electrons. The van der Waals surface area contributed by atoms with Gasteiger partial charge in [-0.15, -0.1) is 12.4 Å². The van der Waals surface area contributed by atoms with E-state index in [0.29, 0.717) is 0 Å². The Bertz CT molecular complexity index is 389. The van der Waals surface area contributed by atoms with Crippen molar-refractivity contribution in [1.29, 1.82) is 0 Å². The number of rotatable bonds is 3. The highest BCUT2D eigenvalue weighted by Crippen LogP contribution is 2.38. The van der Waals surface area contributed by atoms with Crippen molar-refractivity contribution in [2.75, 3.05) is 0 Å². The summed E-state index contributed by atoms with van der Waals surface area (Å²) in [5, 5.41) is 27.8. The molecule has 8 heteroatoms. The van der Waals surface area contributed by atoms with E-state index in [1.807, 2.05) is 0 Å². The van der Waals surface area contributed by atoms with Gasteiger partial charge in [0, 0.05) is 24.6 Å². The molecule has 0 spiro atoms. The molecule has 1 rings (SSSR count). The first-order chi connectivity index (χ1) is 7.70. The molecule has 18 heavy (non-hydrogen) atoms. The standard InChI is InChI=1S/C10H12F3NO3.ClH/c11-10(12,13)2-1-6(14)9-7(16)3-5(15)4-8(9)17;/h3-4,6,15-17H,1-2,14H2;1H/t6-;/m0./s1. The minimum atomic E-state index is -4.35. The van der Waals surface area contributed by atoms with E-state index in [2.05, 4.69) is 0 Å². The number of nitrogens with two attached hydrogens (primary N) is 1. The van der Waals surface area contributed by atoms with E-state index in [1.54, 1.807) is 0 Å². The van der Waals surface area contributed by atoms with Crippen LogP contribution in [0.25, 0.3) is 0 Å². The fraction of sp³-hybridized carbons (Fsp3) is 0.400. The highest BCUT2D eigenvalue weighted by molar-refractivity contribution is 5.85. The van der Waals surface area contributed by atoms with Crippen LogP contribution in [0.5, 0.6) is 17.2 Å². The average Bonchev–Trinajstić information content (AvgIpc) is 2.11. The monoisotopic (exact) mass is 287 g/mol. The molecule has 0 heterocycles. The Balaban J connectivity index is 0.00000289. The summed E-state index contributed by atoms with van der Waals surface area (Å²) in [5.74, 6) is -1.46. The summed E-state index contributed by atoms with van der Waals surface area (Å²) < 4.78 is 35.9. The van der Waals surface area contributed by atoms with Crippen LogP contribution >= 0.6 is 12.4 Å². The van der Waals surface area contributed by atoms with Gasteiger partial charge in [-0.2, -0.15) is 13.2 Å². The normalized spacial score (nSPS) is 12.9. The molecule has 0 aromatic heterocycles. The maximum absolute atomic E-state index is 12.0. The highest BCUT2D eigenvalue weighted by Gasteiger charge is 2.29. The van der Waals surface area contributed by atoms with Gasteiger partial charge in [0.2, 0.25) is 0 Å². The van der Waals surface area contributed by atoms with Crippen molar-refractivity contribution < 1.29 is 28.5 Å². The number of halogens is 4. The van der Waals surface area contributed by atoms with Gasteiger partial charge in [0.15, 0.2) is 0 Å². The largest absolute Gasteiger partial charge is 0.508 e. The first-order valence-electron chi connectivity index (χ1n) is 4.78. The van der Waals surface area contributed by atoms with Crippen LogP contribution in [-0.4, -0.2) is 21.5 Å². The molecule has 4 nitrogen and oxygen atoms in total. The van der Waals surface area contributed by atoms with E-state index in [0.717, 1.165) is 12.1 Å². The average molecular weight is 288 g/mol. The fourth-order valence-electron chi connectivity index (χ4n) is 1.45. The Morgan fingerprint density at radius 2 is 1.56 bits per heavy atom. The maximum Gasteiger partial charge on any atom is 0.389 e. The van der Waals surface area contributed by atoms with Crippen molar-refractivity contribution in [3.63, 3.8) is 0 Å². The third-order valence-electron chi connectivity index (χ3n) is 2.23. The molecule has 0 saturated carbocycles. The van der Waals surface area contributed by atoms with E-state index in [9.17, 15) is 23.4 Å². The molecule has 1 aromatic rings. The summed E-state index contributed by atoms with van der Waals surface area (Å²) in [5.41, 5.74) is 5.25. The number of phenolic OH excluding ortho intramolecular Hbond substituents is 3. The van der Waals surface area contributed by atoms with E-state index < -0.39 is 42.3 Å². The lowest BCUT2D eigenvalue weighted by Gasteiger charge is -2.16. The molecule has 0 saturated heterocycles. The number of hydrogen-bond donors (Lipinski definition) is 4. The maximum atomic E-state index is 12.0. The van der Waals surface area contributed by atoms with Crippen molar-refractivity contribution in [2.45, 2.75) is 25.1 Å².